The lowest BCUT2D eigenvalue weighted by Crippen LogP contribution is -2.45. The molecule has 0 aromatic rings. The van der Waals surface area contributed by atoms with E-state index >= 15 is 0 Å². The summed E-state index contributed by atoms with van der Waals surface area (Å²) >= 11 is 0. The number of aliphatic hydroxyl groups is 3. The van der Waals surface area contributed by atoms with Gasteiger partial charge in [0.1, 0.15) is 0 Å². The number of rotatable bonds is 26. The van der Waals surface area contributed by atoms with Gasteiger partial charge in [-0.1, -0.05) is 107 Å². The standard InChI is InChI=1S/C33H59NO4/c1-3-5-7-9-11-13-14-15-16-17-19-21-23-25-27-32(37)31(29-35)34-33(38)28-30(36)26-24-22-20-18-12-10-8-6-4-2/h10,12-14,17,19,25,27,30-32,35-37H,3-9,11,15-16,18,20-24,26,28-29H2,1-2H3,(H,34,38)/b12-10-,14-13+,19-17+,27-25+. The fourth-order valence-corrected chi connectivity index (χ4v) is 4.11. The van der Waals surface area contributed by atoms with Crippen LogP contribution < -0.4 is 5.32 Å². The van der Waals surface area contributed by atoms with Crippen molar-refractivity contribution in [3.8, 4) is 0 Å². The molecule has 0 saturated heterocycles. The predicted octanol–water partition coefficient (Wildman–Crippen LogP) is 7.47. The minimum absolute atomic E-state index is 0.0112. The van der Waals surface area contributed by atoms with Crippen LogP contribution in [0.15, 0.2) is 48.6 Å². The molecule has 0 fully saturated rings. The first-order valence-electron chi connectivity index (χ1n) is 15.4. The van der Waals surface area contributed by atoms with Crippen molar-refractivity contribution in [1.82, 2.24) is 5.32 Å². The van der Waals surface area contributed by atoms with Crippen LogP contribution in [0.4, 0.5) is 0 Å². The maximum absolute atomic E-state index is 12.2. The number of allylic oxidation sites excluding steroid dienone is 7. The lowest BCUT2D eigenvalue weighted by Gasteiger charge is -2.20. The molecule has 0 rings (SSSR count). The van der Waals surface area contributed by atoms with Crippen LogP contribution in [0.3, 0.4) is 0 Å². The Labute approximate surface area is 234 Å². The highest BCUT2D eigenvalue weighted by molar-refractivity contribution is 5.76. The Hall–Kier alpha value is -1.69. The van der Waals surface area contributed by atoms with Crippen molar-refractivity contribution < 1.29 is 20.1 Å². The molecule has 0 bridgehead atoms. The Morgan fingerprint density at radius 1 is 0.658 bits per heavy atom. The van der Waals surface area contributed by atoms with Crippen LogP contribution in [-0.2, 0) is 4.79 Å². The molecule has 1 amide bonds. The molecule has 4 N–H and O–H groups in total. The summed E-state index contributed by atoms with van der Waals surface area (Å²) in [5, 5.41) is 32.7. The minimum Gasteiger partial charge on any atom is -0.394 e. The molecule has 38 heavy (non-hydrogen) atoms. The van der Waals surface area contributed by atoms with Gasteiger partial charge in [-0.2, -0.15) is 0 Å². The van der Waals surface area contributed by atoms with E-state index in [9.17, 15) is 20.1 Å². The summed E-state index contributed by atoms with van der Waals surface area (Å²) < 4.78 is 0. The molecule has 3 unspecified atom stereocenters. The third kappa shape index (κ3) is 24.6. The fraction of sp³-hybridized carbons (Fsp3) is 0.727. The SMILES string of the molecule is CCCC/C=C\CCCCCC(O)CC(=O)NC(CO)C(O)/C=C/CC/C=C/CC/C=C/CCCCCC. The number of carbonyl (C=O) groups excluding carboxylic acids is 1. The van der Waals surface area contributed by atoms with E-state index in [1.807, 2.05) is 6.08 Å². The number of nitrogens with one attached hydrogen (secondary N) is 1. The quantitative estimate of drug-likeness (QED) is 0.0686. The molecular weight excluding hydrogens is 474 g/mol. The number of carbonyl (C=O) groups is 1. The molecule has 5 heteroatoms. The van der Waals surface area contributed by atoms with E-state index in [-0.39, 0.29) is 18.9 Å². The summed E-state index contributed by atoms with van der Waals surface area (Å²) in [7, 11) is 0. The number of aliphatic hydroxyl groups excluding tert-OH is 3. The van der Waals surface area contributed by atoms with E-state index < -0.39 is 18.2 Å². The molecule has 0 aliphatic rings. The lowest BCUT2D eigenvalue weighted by atomic mass is 10.1. The summed E-state index contributed by atoms with van der Waals surface area (Å²) in [6.45, 7) is 4.07. The van der Waals surface area contributed by atoms with Gasteiger partial charge in [-0.15, -0.1) is 0 Å². The van der Waals surface area contributed by atoms with Gasteiger partial charge < -0.3 is 20.6 Å². The zero-order valence-corrected chi connectivity index (χ0v) is 24.5. The van der Waals surface area contributed by atoms with E-state index in [1.165, 1.54) is 44.9 Å². The number of amides is 1. The third-order valence-corrected chi connectivity index (χ3v) is 6.57. The van der Waals surface area contributed by atoms with E-state index in [0.717, 1.165) is 57.8 Å². The molecule has 0 aromatic heterocycles. The molecule has 3 atom stereocenters. The first kappa shape index (κ1) is 36.3. The van der Waals surface area contributed by atoms with E-state index in [2.05, 4.69) is 55.6 Å². The second-order valence-electron chi connectivity index (χ2n) is 10.3. The second-order valence-corrected chi connectivity index (χ2v) is 10.3. The van der Waals surface area contributed by atoms with Crippen LogP contribution in [-0.4, -0.2) is 46.1 Å². The van der Waals surface area contributed by atoms with Gasteiger partial charge in [-0.05, 0) is 64.2 Å². The number of hydrogen-bond donors (Lipinski definition) is 4. The Balaban J connectivity index is 3.95. The van der Waals surface area contributed by atoms with Gasteiger partial charge in [0.15, 0.2) is 0 Å². The Morgan fingerprint density at radius 2 is 1.16 bits per heavy atom. The smallest absolute Gasteiger partial charge is 0.222 e. The molecule has 0 radical (unpaired) electrons. The van der Waals surface area contributed by atoms with Crippen LogP contribution in [0, 0.1) is 0 Å². The largest absolute Gasteiger partial charge is 0.394 e. The first-order chi connectivity index (χ1) is 18.5. The van der Waals surface area contributed by atoms with Gasteiger partial charge in [0.2, 0.25) is 5.91 Å². The first-order valence-corrected chi connectivity index (χ1v) is 15.4. The summed E-state index contributed by atoms with van der Waals surface area (Å²) in [5.41, 5.74) is 0. The highest BCUT2D eigenvalue weighted by Gasteiger charge is 2.19. The number of hydrogen-bond acceptors (Lipinski definition) is 4. The molecule has 0 aromatic carbocycles. The normalized spacial score (nSPS) is 14.8. The van der Waals surface area contributed by atoms with Crippen molar-refractivity contribution in [3.63, 3.8) is 0 Å². The van der Waals surface area contributed by atoms with Gasteiger partial charge in [0, 0.05) is 0 Å². The van der Waals surface area contributed by atoms with Gasteiger partial charge in [0.25, 0.3) is 0 Å². The van der Waals surface area contributed by atoms with Crippen molar-refractivity contribution in [1.29, 1.82) is 0 Å². The zero-order valence-electron chi connectivity index (χ0n) is 24.5. The lowest BCUT2D eigenvalue weighted by molar-refractivity contribution is -0.124. The van der Waals surface area contributed by atoms with E-state index in [4.69, 9.17) is 0 Å². The highest BCUT2D eigenvalue weighted by atomic mass is 16.3. The van der Waals surface area contributed by atoms with Gasteiger partial charge >= 0.3 is 0 Å². The van der Waals surface area contributed by atoms with Gasteiger partial charge in [-0.25, -0.2) is 0 Å². The Kier molecular flexibility index (Phi) is 27.1. The van der Waals surface area contributed by atoms with Crippen molar-refractivity contribution in [2.45, 2.75) is 148 Å². The molecular formula is C33H59NO4. The zero-order chi connectivity index (χ0) is 28.1. The average Bonchev–Trinajstić information content (AvgIpc) is 2.90. The molecule has 0 saturated carbocycles. The summed E-state index contributed by atoms with van der Waals surface area (Å²) in [6.07, 6.45) is 33.7. The third-order valence-electron chi connectivity index (χ3n) is 6.57. The van der Waals surface area contributed by atoms with Crippen LogP contribution in [0.5, 0.6) is 0 Å². The minimum atomic E-state index is -0.960. The Morgan fingerprint density at radius 3 is 1.71 bits per heavy atom. The van der Waals surface area contributed by atoms with E-state index in [1.54, 1.807) is 6.08 Å². The van der Waals surface area contributed by atoms with Crippen molar-refractivity contribution in [3.05, 3.63) is 48.6 Å². The predicted molar refractivity (Wildman–Crippen MR) is 162 cm³/mol. The fourth-order valence-electron chi connectivity index (χ4n) is 4.11. The van der Waals surface area contributed by atoms with Crippen LogP contribution in [0.1, 0.15) is 129 Å². The Bertz CT molecular complexity index is 641. The molecule has 0 heterocycles. The van der Waals surface area contributed by atoms with Crippen LogP contribution >= 0.6 is 0 Å². The van der Waals surface area contributed by atoms with Crippen LogP contribution in [0.25, 0.3) is 0 Å². The molecule has 0 aliphatic carbocycles. The second kappa shape index (κ2) is 28.3. The van der Waals surface area contributed by atoms with E-state index in [0.29, 0.717) is 6.42 Å². The molecule has 5 nitrogen and oxygen atoms in total. The average molecular weight is 534 g/mol. The topological polar surface area (TPSA) is 89.8 Å². The molecule has 220 valence electrons. The van der Waals surface area contributed by atoms with Crippen LogP contribution in [0.2, 0.25) is 0 Å². The summed E-state index contributed by atoms with van der Waals surface area (Å²) in [6, 6.07) is -0.769. The van der Waals surface area contributed by atoms with Gasteiger partial charge in [0.05, 0.1) is 31.3 Å². The number of unbranched alkanes of at least 4 members (excludes halogenated alkanes) is 11. The maximum Gasteiger partial charge on any atom is 0.222 e. The monoisotopic (exact) mass is 533 g/mol. The summed E-state index contributed by atoms with van der Waals surface area (Å²) in [5.74, 6) is -0.346. The van der Waals surface area contributed by atoms with Crippen molar-refractivity contribution >= 4 is 5.91 Å². The van der Waals surface area contributed by atoms with Crippen molar-refractivity contribution in [2.24, 2.45) is 0 Å². The van der Waals surface area contributed by atoms with Crippen molar-refractivity contribution in [2.75, 3.05) is 6.61 Å². The van der Waals surface area contributed by atoms with Gasteiger partial charge in [-0.3, -0.25) is 4.79 Å². The molecule has 0 spiro atoms. The maximum atomic E-state index is 12.2. The summed E-state index contributed by atoms with van der Waals surface area (Å²) in [4.78, 5) is 12.2. The highest BCUT2D eigenvalue weighted by Crippen LogP contribution is 2.10. The molecule has 0 aliphatic heterocycles.